The van der Waals surface area contributed by atoms with Gasteiger partial charge < -0.3 is 10.1 Å². The Hall–Kier alpha value is -0.920. The lowest BCUT2D eigenvalue weighted by Crippen LogP contribution is -2.14. The molecule has 3 rings (SSSR count). The van der Waals surface area contributed by atoms with Crippen LogP contribution in [-0.4, -0.2) is 19.2 Å². The average Bonchev–Trinajstić information content (AvgIpc) is 2.81. The van der Waals surface area contributed by atoms with Crippen molar-refractivity contribution in [3.8, 4) is 5.88 Å². The Labute approximate surface area is 148 Å². The number of nitrogens with zero attached hydrogens (tertiary/aromatic N) is 2. The van der Waals surface area contributed by atoms with Gasteiger partial charge in [-0.1, -0.05) is 43.5 Å². The van der Waals surface area contributed by atoms with Crippen LogP contribution < -0.4 is 0 Å². The minimum Gasteiger partial charge on any atom is -0.493 e. The van der Waals surface area contributed by atoms with E-state index in [0.717, 1.165) is 5.56 Å². The molecule has 22 heavy (non-hydrogen) atoms. The van der Waals surface area contributed by atoms with Crippen LogP contribution in [0, 0.1) is 12.3 Å². The van der Waals surface area contributed by atoms with Crippen molar-refractivity contribution in [1.29, 1.82) is 0 Å². The highest BCUT2D eigenvalue weighted by Gasteiger charge is 2.67. The minimum atomic E-state index is -0.628. The molecule has 1 aliphatic carbocycles. The maximum Gasteiger partial charge on any atom is 0.272 e. The number of azo groups is 1. The first-order valence-electron chi connectivity index (χ1n) is 6.51. The van der Waals surface area contributed by atoms with Crippen LogP contribution in [0.2, 0.25) is 5.02 Å². The largest absolute Gasteiger partial charge is 0.493 e. The lowest BCUT2D eigenvalue weighted by atomic mass is 10.1. The first-order valence-corrected chi connectivity index (χ1v) is 8.47. The first kappa shape index (κ1) is 16.0. The summed E-state index contributed by atoms with van der Waals surface area (Å²) in [6.45, 7) is 3.64. The lowest BCUT2D eigenvalue weighted by molar-refractivity contribution is -0.122. The topological polar surface area (TPSA) is 77.8 Å². The summed E-state index contributed by atoms with van der Waals surface area (Å²) in [6.07, 6.45) is 0.631. The van der Waals surface area contributed by atoms with Crippen molar-refractivity contribution < 1.29 is 9.90 Å². The molecular formula is C14H12Br2ClN3O2. The summed E-state index contributed by atoms with van der Waals surface area (Å²) in [5.41, 5.74) is 1.09. The number of aromatic hydroxyl groups is 1. The zero-order valence-electron chi connectivity index (χ0n) is 11.7. The quantitative estimate of drug-likeness (QED) is 0.479. The zero-order chi connectivity index (χ0) is 16.3. The Kier molecular flexibility index (Phi) is 3.66. The van der Waals surface area contributed by atoms with Gasteiger partial charge in [0.25, 0.3) is 5.91 Å². The van der Waals surface area contributed by atoms with Crippen molar-refractivity contribution in [3.05, 3.63) is 22.7 Å². The number of hydrogen-bond acceptors (Lipinski definition) is 3. The van der Waals surface area contributed by atoms with Crippen molar-refractivity contribution in [1.82, 2.24) is 4.98 Å². The Balaban J connectivity index is 1.98. The van der Waals surface area contributed by atoms with Crippen LogP contribution in [-0.2, 0) is 4.79 Å². The molecule has 1 heterocycles. The molecule has 0 radical (unpaired) electrons. The molecule has 1 aromatic carbocycles. The number of aryl methyl sites for hydroxylation is 1. The molecule has 2 N–H and O–H groups in total. The molecule has 0 aliphatic heterocycles. The van der Waals surface area contributed by atoms with E-state index in [1.54, 1.807) is 19.1 Å². The monoisotopic (exact) mass is 447 g/mol. The number of halogens is 3. The van der Waals surface area contributed by atoms with Gasteiger partial charge in [-0.25, -0.2) is 0 Å². The van der Waals surface area contributed by atoms with Gasteiger partial charge in [0, 0.05) is 10.4 Å². The third kappa shape index (κ3) is 2.30. The van der Waals surface area contributed by atoms with Crippen LogP contribution in [0.4, 0.5) is 5.69 Å². The second-order valence-corrected chi connectivity index (χ2v) is 9.81. The highest BCUT2D eigenvalue weighted by molar-refractivity contribution is 9.25. The molecule has 1 aromatic heterocycles. The van der Waals surface area contributed by atoms with Crippen LogP contribution in [0.15, 0.2) is 22.4 Å². The first-order chi connectivity index (χ1) is 10.2. The van der Waals surface area contributed by atoms with Gasteiger partial charge in [0.2, 0.25) is 5.88 Å². The number of amides is 1. The molecule has 116 valence electrons. The van der Waals surface area contributed by atoms with E-state index in [1.165, 1.54) is 0 Å². The van der Waals surface area contributed by atoms with E-state index in [1.807, 2.05) is 6.92 Å². The van der Waals surface area contributed by atoms with Gasteiger partial charge in [-0.3, -0.25) is 4.79 Å². The SMILES string of the molecule is Cc1c(Cl)ccc2c(N=NC(=O)[C@@]3(C)CC3(Br)Br)c(O)[nH]c12. The van der Waals surface area contributed by atoms with Crippen molar-refractivity contribution in [2.75, 3.05) is 0 Å². The summed E-state index contributed by atoms with van der Waals surface area (Å²) in [6, 6.07) is 3.45. The van der Waals surface area contributed by atoms with Crippen molar-refractivity contribution in [3.63, 3.8) is 0 Å². The minimum absolute atomic E-state index is 0.137. The van der Waals surface area contributed by atoms with Gasteiger partial charge in [0.15, 0.2) is 5.69 Å². The number of nitrogens with one attached hydrogen (secondary N) is 1. The van der Waals surface area contributed by atoms with E-state index in [9.17, 15) is 9.90 Å². The maximum absolute atomic E-state index is 12.2. The normalized spacial score (nSPS) is 23.3. The summed E-state index contributed by atoms with van der Waals surface area (Å²) in [5, 5.41) is 19.0. The molecule has 1 atom stereocenters. The number of hydrogen-bond donors (Lipinski definition) is 2. The molecule has 0 unspecified atom stereocenters. The van der Waals surface area contributed by atoms with Gasteiger partial charge in [-0.2, -0.15) is 0 Å². The third-order valence-corrected chi connectivity index (χ3v) is 6.81. The summed E-state index contributed by atoms with van der Waals surface area (Å²) >= 11 is 12.9. The van der Waals surface area contributed by atoms with Crippen LogP contribution >= 0.6 is 43.5 Å². The molecule has 1 saturated carbocycles. The molecule has 2 aromatic rings. The van der Waals surface area contributed by atoms with Crippen LogP contribution in [0.5, 0.6) is 5.88 Å². The number of fused-ring (bicyclic) bond motifs is 1. The Morgan fingerprint density at radius 2 is 2.09 bits per heavy atom. The lowest BCUT2D eigenvalue weighted by Gasteiger charge is -2.05. The summed E-state index contributed by atoms with van der Waals surface area (Å²) in [5.74, 6) is -0.484. The van der Waals surface area contributed by atoms with Crippen LogP contribution in [0.25, 0.3) is 10.9 Å². The third-order valence-electron chi connectivity index (χ3n) is 4.09. The molecule has 1 amide bonds. The molecule has 1 fully saturated rings. The summed E-state index contributed by atoms with van der Waals surface area (Å²) < 4.78 is -0.421. The molecule has 0 bridgehead atoms. The predicted octanol–water partition coefficient (Wildman–Crippen LogP) is 5.34. The molecule has 0 spiro atoms. The van der Waals surface area contributed by atoms with Crippen molar-refractivity contribution >= 4 is 66.0 Å². The summed E-state index contributed by atoms with van der Waals surface area (Å²) in [4.78, 5) is 15.0. The van der Waals surface area contributed by atoms with Gasteiger partial charge in [-0.05, 0) is 38.0 Å². The van der Waals surface area contributed by atoms with Crippen molar-refractivity contribution in [2.24, 2.45) is 15.6 Å². The number of aromatic nitrogens is 1. The number of rotatable bonds is 2. The number of aromatic amines is 1. The van der Waals surface area contributed by atoms with Gasteiger partial charge >= 0.3 is 0 Å². The predicted molar refractivity (Wildman–Crippen MR) is 92.5 cm³/mol. The second-order valence-electron chi connectivity index (χ2n) is 5.64. The van der Waals surface area contributed by atoms with E-state index < -0.39 is 8.65 Å². The summed E-state index contributed by atoms with van der Waals surface area (Å²) in [7, 11) is 0. The fraction of sp³-hybridized carbons (Fsp3) is 0.357. The molecule has 5 nitrogen and oxygen atoms in total. The Morgan fingerprint density at radius 1 is 1.45 bits per heavy atom. The van der Waals surface area contributed by atoms with Crippen LogP contribution in [0.3, 0.4) is 0 Å². The van der Waals surface area contributed by atoms with Gasteiger partial charge in [0.05, 0.1) is 14.2 Å². The van der Waals surface area contributed by atoms with Crippen LogP contribution in [0.1, 0.15) is 18.9 Å². The molecule has 0 saturated heterocycles. The highest BCUT2D eigenvalue weighted by atomic mass is 79.9. The maximum atomic E-state index is 12.2. The number of carbonyl (C=O) groups is 1. The van der Waals surface area contributed by atoms with E-state index in [4.69, 9.17) is 11.6 Å². The van der Waals surface area contributed by atoms with E-state index in [-0.39, 0.29) is 17.5 Å². The average molecular weight is 450 g/mol. The van der Waals surface area contributed by atoms with Gasteiger partial charge in [-0.15, -0.1) is 10.2 Å². The Bertz CT molecular complexity index is 831. The number of carbonyl (C=O) groups excluding carboxylic acids is 1. The van der Waals surface area contributed by atoms with E-state index in [2.05, 4.69) is 47.1 Å². The fourth-order valence-electron chi connectivity index (χ4n) is 2.29. The zero-order valence-corrected chi connectivity index (χ0v) is 15.7. The number of benzene rings is 1. The van der Waals surface area contributed by atoms with E-state index >= 15 is 0 Å². The second kappa shape index (κ2) is 5.04. The number of H-pyrrole nitrogens is 1. The smallest absolute Gasteiger partial charge is 0.272 e. The highest BCUT2D eigenvalue weighted by Crippen LogP contribution is 2.66. The molecule has 8 heteroatoms. The van der Waals surface area contributed by atoms with E-state index in [0.29, 0.717) is 22.3 Å². The standard InChI is InChI=1S/C14H12Br2ClN3O2/c1-6-8(17)4-3-7-9(6)18-11(21)10(7)19-20-12(22)13(2)5-14(13,15)16/h3-4,18,21H,5H2,1-2H3/t13-/m1/s1. The Morgan fingerprint density at radius 3 is 2.68 bits per heavy atom. The molecular weight excluding hydrogens is 437 g/mol. The fourth-order valence-corrected chi connectivity index (χ4v) is 3.91. The van der Waals surface area contributed by atoms with Gasteiger partial charge in [0.1, 0.15) is 0 Å². The molecule has 1 aliphatic rings. The number of alkyl halides is 2. The van der Waals surface area contributed by atoms with Crippen molar-refractivity contribution in [2.45, 2.75) is 23.5 Å².